The number of hydrogen-bond donors (Lipinski definition) is 0. The van der Waals surface area contributed by atoms with Crippen LogP contribution in [0.15, 0.2) is 10.5 Å². The average molecular weight is 315 g/mol. The average Bonchev–Trinajstić information content (AvgIpc) is 2.21. The largest absolute Gasteiger partial charge is 0.469 e. The molecule has 0 fully saturated rings. The Hall–Kier alpha value is -0.750. The fourth-order valence-electron chi connectivity index (χ4n) is 1.01. The molecule has 0 aliphatic carbocycles. The minimum absolute atomic E-state index is 0.143. The van der Waals surface area contributed by atoms with Gasteiger partial charge in [0, 0.05) is 4.47 Å². The summed E-state index contributed by atoms with van der Waals surface area (Å²) in [5, 5.41) is -0.143. The highest BCUT2D eigenvalue weighted by Crippen LogP contribution is 2.29. The van der Waals surface area contributed by atoms with E-state index in [0.717, 1.165) is 0 Å². The predicted octanol–water partition coefficient (Wildman–Crippen LogP) is 3.15. The van der Waals surface area contributed by atoms with Crippen LogP contribution in [0.4, 0.5) is 8.78 Å². The first-order valence-corrected chi connectivity index (χ1v) is 5.32. The monoisotopic (exact) mass is 313 g/mol. The van der Waals surface area contributed by atoms with Gasteiger partial charge in [0.1, 0.15) is 5.69 Å². The molecule has 1 heterocycles. The van der Waals surface area contributed by atoms with Gasteiger partial charge < -0.3 is 4.74 Å². The first-order valence-electron chi connectivity index (χ1n) is 4.15. The van der Waals surface area contributed by atoms with Crippen molar-refractivity contribution in [2.75, 3.05) is 7.11 Å². The molecule has 0 aliphatic heterocycles. The third kappa shape index (κ3) is 3.12. The van der Waals surface area contributed by atoms with Crippen LogP contribution in [0.3, 0.4) is 0 Å². The van der Waals surface area contributed by atoms with Crippen LogP contribution in [-0.4, -0.2) is 18.1 Å². The van der Waals surface area contributed by atoms with Crippen molar-refractivity contribution in [2.24, 2.45) is 0 Å². The second kappa shape index (κ2) is 5.54. The van der Waals surface area contributed by atoms with Crippen LogP contribution >= 0.6 is 27.5 Å². The van der Waals surface area contributed by atoms with Crippen LogP contribution in [0.1, 0.15) is 17.8 Å². The molecule has 88 valence electrons. The van der Waals surface area contributed by atoms with Gasteiger partial charge in [-0.05, 0) is 22.0 Å². The number of nitrogens with zero attached hydrogens (tertiary/aromatic N) is 1. The number of pyridine rings is 1. The lowest BCUT2D eigenvalue weighted by Gasteiger charge is -2.07. The van der Waals surface area contributed by atoms with Crippen molar-refractivity contribution in [2.45, 2.75) is 12.8 Å². The van der Waals surface area contributed by atoms with Crippen molar-refractivity contribution in [3.63, 3.8) is 0 Å². The number of esters is 1. The SMILES string of the molecule is COC(=O)Cc1nc(C(F)F)c(Cl)cc1Br. The molecule has 0 atom stereocenters. The zero-order valence-electron chi connectivity index (χ0n) is 8.14. The lowest BCUT2D eigenvalue weighted by molar-refractivity contribution is -0.139. The molecule has 0 saturated heterocycles. The fourth-order valence-corrected chi connectivity index (χ4v) is 1.83. The number of rotatable bonds is 3. The van der Waals surface area contributed by atoms with Crippen LogP contribution < -0.4 is 0 Å². The minimum Gasteiger partial charge on any atom is -0.469 e. The summed E-state index contributed by atoms with van der Waals surface area (Å²) in [4.78, 5) is 14.6. The number of alkyl halides is 2. The quantitative estimate of drug-likeness (QED) is 0.805. The molecular weight excluding hydrogens is 307 g/mol. The van der Waals surface area contributed by atoms with E-state index in [1.54, 1.807) is 0 Å². The fraction of sp³-hybridized carbons (Fsp3) is 0.333. The molecule has 16 heavy (non-hydrogen) atoms. The van der Waals surface area contributed by atoms with Crippen molar-refractivity contribution in [1.82, 2.24) is 4.98 Å². The molecule has 0 unspecified atom stereocenters. The smallest absolute Gasteiger partial charge is 0.311 e. The van der Waals surface area contributed by atoms with E-state index < -0.39 is 18.1 Å². The van der Waals surface area contributed by atoms with Crippen molar-refractivity contribution in [3.05, 3.63) is 26.9 Å². The summed E-state index contributed by atoms with van der Waals surface area (Å²) in [5.74, 6) is -0.560. The maximum absolute atomic E-state index is 12.5. The predicted molar refractivity (Wildman–Crippen MR) is 57.6 cm³/mol. The lowest BCUT2D eigenvalue weighted by Crippen LogP contribution is -2.08. The van der Waals surface area contributed by atoms with Crippen molar-refractivity contribution in [3.8, 4) is 0 Å². The number of carbonyl (C=O) groups excluding carboxylic acids is 1. The molecule has 1 aromatic heterocycles. The van der Waals surface area contributed by atoms with Gasteiger partial charge in [0.15, 0.2) is 0 Å². The van der Waals surface area contributed by atoms with Gasteiger partial charge in [0.05, 0.1) is 24.2 Å². The molecule has 0 radical (unpaired) electrons. The summed E-state index contributed by atoms with van der Waals surface area (Å²) >= 11 is 8.67. The van der Waals surface area contributed by atoms with Gasteiger partial charge in [0.2, 0.25) is 0 Å². The minimum atomic E-state index is -2.78. The van der Waals surface area contributed by atoms with Crippen LogP contribution in [0.2, 0.25) is 5.02 Å². The Labute approximate surface area is 104 Å². The summed E-state index contributed by atoms with van der Waals surface area (Å²) in [5.41, 5.74) is -0.365. The molecule has 0 aliphatic rings. The van der Waals surface area contributed by atoms with Crippen LogP contribution in [0.5, 0.6) is 0 Å². The van der Waals surface area contributed by atoms with Gasteiger partial charge in [-0.3, -0.25) is 4.79 Å². The number of halogens is 4. The number of aromatic nitrogens is 1. The number of ether oxygens (including phenoxy) is 1. The van der Waals surface area contributed by atoms with Crippen LogP contribution in [-0.2, 0) is 16.0 Å². The van der Waals surface area contributed by atoms with E-state index in [1.165, 1.54) is 13.2 Å². The second-order valence-corrected chi connectivity index (χ2v) is 4.10. The first-order chi connectivity index (χ1) is 7.45. The van der Waals surface area contributed by atoms with Gasteiger partial charge >= 0.3 is 5.97 Å². The Morgan fingerprint density at radius 1 is 1.69 bits per heavy atom. The second-order valence-electron chi connectivity index (χ2n) is 2.84. The molecule has 0 amide bonds. The molecular formula is C9H7BrClF2NO2. The Balaban J connectivity index is 3.09. The van der Waals surface area contributed by atoms with E-state index in [-0.39, 0.29) is 17.1 Å². The van der Waals surface area contributed by atoms with Crippen molar-refractivity contribution in [1.29, 1.82) is 0 Å². The van der Waals surface area contributed by atoms with E-state index in [2.05, 4.69) is 25.7 Å². The zero-order valence-corrected chi connectivity index (χ0v) is 10.5. The summed E-state index contributed by atoms with van der Waals surface area (Å²) in [7, 11) is 1.21. The molecule has 3 nitrogen and oxygen atoms in total. The molecule has 0 spiro atoms. The van der Waals surface area contributed by atoms with E-state index in [0.29, 0.717) is 4.47 Å². The summed E-state index contributed by atoms with van der Waals surface area (Å²) in [6.45, 7) is 0. The van der Waals surface area contributed by atoms with E-state index in [4.69, 9.17) is 11.6 Å². The molecule has 0 bridgehead atoms. The Morgan fingerprint density at radius 3 is 2.81 bits per heavy atom. The summed E-state index contributed by atoms with van der Waals surface area (Å²) < 4.78 is 29.8. The number of carbonyl (C=O) groups is 1. The van der Waals surface area contributed by atoms with Gasteiger partial charge in [-0.25, -0.2) is 13.8 Å². The lowest BCUT2D eigenvalue weighted by atomic mass is 10.2. The van der Waals surface area contributed by atoms with Gasteiger partial charge in [-0.2, -0.15) is 0 Å². The van der Waals surface area contributed by atoms with Gasteiger partial charge in [0.25, 0.3) is 6.43 Å². The van der Waals surface area contributed by atoms with Crippen LogP contribution in [0, 0.1) is 0 Å². The standard InChI is InChI=1S/C9H7BrClF2NO2/c1-16-7(15)3-6-4(10)2-5(11)8(14-6)9(12)13/h2,9H,3H2,1H3. The molecule has 0 aromatic carbocycles. The molecule has 1 rings (SSSR count). The normalized spacial score (nSPS) is 10.6. The Morgan fingerprint density at radius 2 is 2.31 bits per heavy atom. The van der Waals surface area contributed by atoms with Crippen molar-refractivity contribution >= 4 is 33.5 Å². The Kier molecular flexibility index (Phi) is 4.61. The summed E-state index contributed by atoms with van der Waals surface area (Å²) in [6, 6.07) is 1.29. The molecule has 0 N–H and O–H groups in total. The highest BCUT2D eigenvalue weighted by atomic mass is 79.9. The topological polar surface area (TPSA) is 39.2 Å². The summed E-state index contributed by atoms with van der Waals surface area (Å²) in [6.07, 6.45) is -2.97. The zero-order chi connectivity index (χ0) is 12.3. The molecule has 0 saturated carbocycles. The Bertz CT molecular complexity index is 415. The highest BCUT2D eigenvalue weighted by molar-refractivity contribution is 9.10. The number of methoxy groups -OCH3 is 1. The van der Waals surface area contributed by atoms with Gasteiger partial charge in [-0.1, -0.05) is 11.6 Å². The third-order valence-corrected chi connectivity index (χ3v) is 2.76. The van der Waals surface area contributed by atoms with E-state index in [9.17, 15) is 13.6 Å². The van der Waals surface area contributed by atoms with E-state index in [1.807, 2.05) is 0 Å². The first kappa shape index (κ1) is 13.3. The maximum Gasteiger partial charge on any atom is 0.311 e. The molecule has 7 heteroatoms. The molecule has 1 aromatic rings. The van der Waals surface area contributed by atoms with Gasteiger partial charge in [-0.15, -0.1) is 0 Å². The van der Waals surface area contributed by atoms with Crippen molar-refractivity contribution < 1.29 is 18.3 Å². The van der Waals surface area contributed by atoms with E-state index >= 15 is 0 Å². The third-order valence-electron chi connectivity index (χ3n) is 1.78. The number of hydrogen-bond acceptors (Lipinski definition) is 3. The highest BCUT2D eigenvalue weighted by Gasteiger charge is 2.18. The van der Waals surface area contributed by atoms with Crippen LogP contribution in [0.25, 0.3) is 0 Å². The maximum atomic E-state index is 12.5.